The summed E-state index contributed by atoms with van der Waals surface area (Å²) in [6, 6.07) is 5.32. The van der Waals surface area contributed by atoms with Crippen molar-refractivity contribution in [3.05, 3.63) is 47.8 Å². The number of benzene rings is 1. The maximum absolute atomic E-state index is 13.9. The van der Waals surface area contributed by atoms with Crippen molar-refractivity contribution in [1.29, 1.82) is 0 Å². The second-order valence-electron chi connectivity index (χ2n) is 4.97. The van der Waals surface area contributed by atoms with Crippen LogP contribution in [0.2, 0.25) is 0 Å². The summed E-state index contributed by atoms with van der Waals surface area (Å²) in [5.74, 6) is -0.0743. The van der Waals surface area contributed by atoms with Gasteiger partial charge in [-0.25, -0.2) is 9.37 Å². The second-order valence-corrected chi connectivity index (χ2v) is 4.97. The smallest absolute Gasteiger partial charge is 0.165 e. The van der Waals surface area contributed by atoms with Gasteiger partial charge in [0.2, 0.25) is 0 Å². The molecule has 0 bridgehead atoms. The maximum Gasteiger partial charge on any atom is 0.165 e. The fourth-order valence-corrected chi connectivity index (χ4v) is 2.04. The summed E-state index contributed by atoms with van der Waals surface area (Å²) in [5.41, 5.74) is 1.82. The van der Waals surface area contributed by atoms with Crippen molar-refractivity contribution in [2.45, 2.75) is 33.0 Å². The Kier molecular flexibility index (Phi) is 4.74. The van der Waals surface area contributed by atoms with E-state index in [1.807, 2.05) is 17.7 Å². The van der Waals surface area contributed by atoms with Crippen LogP contribution in [-0.4, -0.2) is 16.6 Å². The van der Waals surface area contributed by atoms with Crippen LogP contribution in [0.4, 0.5) is 4.39 Å². The van der Waals surface area contributed by atoms with Crippen molar-refractivity contribution < 1.29 is 9.13 Å². The zero-order valence-electron chi connectivity index (χ0n) is 12.1. The molecule has 1 heterocycles. The highest BCUT2D eigenvalue weighted by Gasteiger charge is 2.09. The lowest BCUT2D eigenvalue weighted by Crippen LogP contribution is -2.08. The van der Waals surface area contributed by atoms with E-state index >= 15 is 0 Å². The third kappa shape index (κ3) is 3.36. The molecule has 2 rings (SSSR count). The first kappa shape index (κ1) is 14.5. The summed E-state index contributed by atoms with van der Waals surface area (Å²) in [6.45, 7) is 5.08. The molecule has 1 aromatic heterocycles. The lowest BCUT2D eigenvalue weighted by molar-refractivity contribution is 0.278. The summed E-state index contributed by atoms with van der Waals surface area (Å²) in [6.07, 6.45) is 3.50. The largest absolute Gasteiger partial charge is 0.484 e. The van der Waals surface area contributed by atoms with E-state index in [1.165, 1.54) is 6.07 Å². The van der Waals surface area contributed by atoms with Crippen LogP contribution < -0.4 is 10.1 Å². The van der Waals surface area contributed by atoms with Gasteiger partial charge < -0.3 is 14.6 Å². The molecule has 20 heavy (non-hydrogen) atoms. The normalized spacial score (nSPS) is 11.1. The minimum absolute atomic E-state index is 0.265. The highest BCUT2D eigenvalue weighted by molar-refractivity contribution is 5.29. The Hall–Kier alpha value is -1.88. The Morgan fingerprint density at radius 2 is 2.20 bits per heavy atom. The van der Waals surface area contributed by atoms with Crippen LogP contribution in [0.15, 0.2) is 30.7 Å². The average molecular weight is 277 g/mol. The van der Waals surface area contributed by atoms with Gasteiger partial charge in [-0.3, -0.25) is 0 Å². The molecule has 0 atom stereocenters. The van der Waals surface area contributed by atoms with Crippen LogP contribution in [0, 0.1) is 5.82 Å². The molecular weight excluding hydrogens is 257 g/mol. The number of hydrogen-bond donors (Lipinski definition) is 1. The number of halogens is 1. The molecule has 108 valence electrons. The molecule has 0 radical (unpaired) electrons. The highest BCUT2D eigenvalue weighted by atomic mass is 19.1. The van der Waals surface area contributed by atoms with Gasteiger partial charge in [-0.15, -0.1) is 0 Å². The lowest BCUT2D eigenvalue weighted by Gasteiger charge is -2.13. The summed E-state index contributed by atoms with van der Waals surface area (Å²) < 4.78 is 21.4. The number of nitrogens with one attached hydrogen (secondary N) is 1. The molecule has 0 saturated heterocycles. The molecule has 0 saturated carbocycles. The Labute approximate surface area is 118 Å². The third-order valence-corrected chi connectivity index (χ3v) is 3.06. The van der Waals surface area contributed by atoms with Crippen LogP contribution in [0.5, 0.6) is 5.75 Å². The molecule has 0 amide bonds. The van der Waals surface area contributed by atoms with E-state index in [1.54, 1.807) is 18.6 Å². The van der Waals surface area contributed by atoms with Gasteiger partial charge in [-0.1, -0.05) is 6.07 Å². The van der Waals surface area contributed by atoms with E-state index in [0.29, 0.717) is 19.2 Å². The lowest BCUT2D eigenvalue weighted by atomic mass is 10.2. The monoisotopic (exact) mass is 277 g/mol. The van der Waals surface area contributed by atoms with Crippen LogP contribution in [0.3, 0.4) is 0 Å². The van der Waals surface area contributed by atoms with E-state index in [4.69, 9.17) is 4.74 Å². The molecule has 4 nitrogen and oxygen atoms in total. The fraction of sp³-hybridized carbons (Fsp3) is 0.400. The summed E-state index contributed by atoms with van der Waals surface area (Å²) in [5, 5.41) is 2.99. The Morgan fingerprint density at radius 1 is 1.40 bits per heavy atom. The first-order valence-corrected chi connectivity index (χ1v) is 6.68. The third-order valence-electron chi connectivity index (χ3n) is 3.06. The topological polar surface area (TPSA) is 39.1 Å². The van der Waals surface area contributed by atoms with E-state index in [-0.39, 0.29) is 11.6 Å². The zero-order chi connectivity index (χ0) is 14.5. The van der Waals surface area contributed by atoms with Crippen molar-refractivity contribution in [1.82, 2.24) is 14.9 Å². The van der Waals surface area contributed by atoms with Gasteiger partial charge in [0.15, 0.2) is 11.6 Å². The van der Waals surface area contributed by atoms with Gasteiger partial charge in [0.1, 0.15) is 6.61 Å². The molecule has 1 N–H and O–H groups in total. The van der Waals surface area contributed by atoms with Gasteiger partial charge in [0.25, 0.3) is 0 Å². The Morgan fingerprint density at radius 3 is 2.85 bits per heavy atom. The van der Waals surface area contributed by atoms with Gasteiger partial charge in [0, 0.05) is 12.6 Å². The molecule has 0 aliphatic heterocycles. The average Bonchev–Trinajstić information content (AvgIpc) is 2.86. The highest BCUT2D eigenvalue weighted by Crippen LogP contribution is 2.20. The predicted molar refractivity (Wildman–Crippen MR) is 76.1 cm³/mol. The number of imidazole rings is 1. The Bertz CT molecular complexity index is 566. The minimum Gasteiger partial charge on any atom is -0.484 e. The molecular formula is C15H20FN3O. The molecule has 2 aromatic rings. The molecule has 0 unspecified atom stereocenters. The van der Waals surface area contributed by atoms with Crippen LogP contribution in [-0.2, 0) is 13.2 Å². The number of aromatic nitrogens is 2. The number of hydrogen-bond acceptors (Lipinski definition) is 3. The van der Waals surface area contributed by atoms with Crippen molar-refractivity contribution >= 4 is 0 Å². The molecule has 5 heteroatoms. The predicted octanol–water partition coefficient (Wildman–Crippen LogP) is 2.90. The van der Waals surface area contributed by atoms with E-state index in [2.05, 4.69) is 24.1 Å². The number of ether oxygens (including phenoxy) is 1. The van der Waals surface area contributed by atoms with Crippen LogP contribution >= 0.6 is 0 Å². The first-order valence-electron chi connectivity index (χ1n) is 6.68. The maximum atomic E-state index is 13.9. The molecule has 0 spiro atoms. The second kappa shape index (κ2) is 6.52. The van der Waals surface area contributed by atoms with Crippen molar-refractivity contribution in [2.75, 3.05) is 7.05 Å². The van der Waals surface area contributed by atoms with Gasteiger partial charge in [-0.05, 0) is 38.6 Å². The van der Waals surface area contributed by atoms with Crippen molar-refractivity contribution in [2.24, 2.45) is 0 Å². The van der Waals surface area contributed by atoms with Crippen LogP contribution in [0.1, 0.15) is 31.1 Å². The van der Waals surface area contributed by atoms with Gasteiger partial charge in [-0.2, -0.15) is 0 Å². The summed E-state index contributed by atoms with van der Waals surface area (Å²) >= 11 is 0. The van der Waals surface area contributed by atoms with Crippen molar-refractivity contribution in [3.8, 4) is 5.75 Å². The minimum atomic E-state index is -0.339. The van der Waals surface area contributed by atoms with E-state index < -0.39 is 0 Å². The standard InChI is InChI=1S/C15H20FN3O/c1-11(2)19-10-18-8-13(19)9-20-15-5-4-12(7-17-3)6-14(15)16/h4-6,8,10-11,17H,7,9H2,1-3H3. The number of nitrogens with zero attached hydrogens (tertiary/aromatic N) is 2. The van der Waals surface area contributed by atoms with E-state index in [0.717, 1.165) is 11.3 Å². The van der Waals surface area contributed by atoms with Crippen LogP contribution in [0.25, 0.3) is 0 Å². The van der Waals surface area contributed by atoms with Crippen molar-refractivity contribution in [3.63, 3.8) is 0 Å². The SMILES string of the molecule is CNCc1ccc(OCc2cncn2C(C)C)c(F)c1. The first-order chi connectivity index (χ1) is 9.61. The fourth-order valence-electron chi connectivity index (χ4n) is 2.04. The molecule has 0 aliphatic carbocycles. The molecule has 0 aliphatic rings. The quantitative estimate of drug-likeness (QED) is 0.882. The van der Waals surface area contributed by atoms with Gasteiger partial charge >= 0.3 is 0 Å². The molecule has 1 aromatic carbocycles. The molecule has 0 fully saturated rings. The summed E-state index contributed by atoms with van der Waals surface area (Å²) in [4.78, 5) is 4.10. The van der Waals surface area contributed by atoms with Gasteiger partial charge in [0.05, 0.1) is 18.2 Å². The zero-order valence-corrected chi connectivity index (χ0v) is 12.1. The van der Waals surface area contributed by atoms with E-state index in [9.17, 15) is 4.39 Å². The summed E-state index contributed by atoms with van der Waals surface area (Å²) in [7, 11) is 1.83. The number of rotatable bonds is 6. The Balaban J connectivity index is 2.05.